The van der Waals surface area contributed by atoms with Gasteiger partial charge in [0.2, 0.25) is 0 Å². The molecule has 72 valence electrons. The topological polar surface area (TPSA) is 50.3 Å². The molecular weight excluding hydrogens is 200 g/mol. The van der Waals surface area contributed by atoms with E-state index < -0.39 is 0 Å². The minimum Gasteiger partial charge on any atom is -0.275 e. The van der Waals surface area contributed by atoms with Gasteiger partial charge >= 0.3 is 0 Å². The highest BCUT2D eigenvalue weighted by atomic mass is 32.1. The predicted molar refractivity (Wildman–Crippen MR) is 51.7 cm³/mol. The molecule has 0 unspecified atom stereocenters. The molecule has 0 N–H and O–H groups in total. The first kappa shape index (κ1) is 9.08. The molecule has 1 aromatic heterocycles. The van der Waals surface area contributed by atoms with Crippen LogP contribution in [0.1, 0.15) is 5.69 Å². The Bertz CT molecular complexity index is 366. The molecule has 0 saturated heterocycles. The fourth-order valence-electron chi connectivity index (χ4n) is 1.24. The van der Waals surface area contributed by atoms with Crippen LogP contribution < -0.4 is 0 Å². The number of hydrogen-bond donors (Lipinski definition) is 0. The molecular formula is C9H8N2O2S. The molecule has 2 rings (SSSR count). The molecule has 1 aliphatic rings. The van der Waals surface area contributed by atoms with Gasteiger partial charge in [-0.3, -0.25) is 14.5 Å². The van der Waals surface area contributed by atoms with Crippen LogP contribution >= 0.6 is 11.3 Å². The lowest BCUT2D eigenvalue weighted by Gasteiger charge is -2.11. The van der Waals surface area contributed by atoms with E-state index in [1.165, 1.54) is 28.4 Å². The predicted octanol–water partition coefficient (Wildman–Crippen LogP) is 0.611. The normalized spacial score (nSPS) is 15.6. The van der Waals surface area contributed by atoms with E-state index in [0.717, 1.165) is 5.69 Å². The molecule has 0 aromatic carbocycles. The van der Waals surface area contributed by atoms with E-state index >= 15 is 0 Å². The van der Waals surface area contributed by atoms with Crippen LogP contribution in [-0.4, -0.2) is 28.2 Å². The Hall–Kier alpha value is -1.49. The maximum absolute atomic E-state index is 11.1. The van der Waals surface area contributed by atoms with Crippen LogP contribution in [0, 0.1) is 0 Å². The molecule has 0 spiro atoms. The summed E-state index contributed by atoms with van der Waals surface area (Å²) in [5.41, 5.74) is 2.66. The molecule has 0 bridgehead atoms. The van der Waals surface area contributed by atoms with E-state index in [1.807, 2.05) is 5.38 Å². The van der Waals surface area contributed by atoms with Crippen LogP contribution in [0.5, 0.6) is 0 Å². The number of amides is 2. The molecule has 0 aliphatic carbocycles. The van der Waals surface area contributed by atoms with Gasteiger partial charge in [0.25, 0.3) is 11.8 Å². The Labute approximate surface area is 84.9 Å². The minimum absolute atomic E-state index is 0.231. The molecule has 1 aliphatic heterocycles. The SMILES string of the molecule is O=C1C=CC(=O)N1CCc1cscn1. The number of imide groups is 1. The molecule has 2 amide bonds. The largest absolute Gasteiger partial charge is 0.275 e. The zero-order valence-electron chi connectivity index (χ0n) is 7.34. The van der Waals surface area contributed by atoms with E-state index in [0.29, 0.717) is 13.0 Å². The second-order valence-electron chi connectivity index (χ2n) is 2.89. The highest BCUT2D eigenvalue weighted by molar-refractivity contribution is 7.07. The molecule has 1 aromatic rings. The first-order valence-electron chi connectivity index (χ1n) is 4.18. The summed E-state index contributed by atoms with van der Waals surface area (Å²) in [6, 6.07) is 0. The zero-order valence-corrected chi connectivity index (χ0v) is 8.16. The van der Waals surface area contributed by atoms with Gasteiger partial charge in [0.1, 0.15) is 0 Å². The molecule has 2 heterocycles. The van der Waals surface area contributed by atoms with E-state index in [4.69, 9.17) is 0 Å². The number of rotatable bonds is 3. The lowest BCUT2D eigenvalue weighted by atomic mass is 10.3. The van der Waals surface area contributed by atoms with Crippen LogP contribution in [0.2, 0.25) is 0 Å². The van der Waals surface area contributed by atoms with Crippen LogP contribution in [-0.2, 0) is 16.0 Å². The smallest absolute Gasteiger partial charge is 0.253 e. The quantitative estimate of drug-likeness (QED) is 0.684. The van der Waals surface area contributed by atoms with Crippen molar-refractivity contribution in [3.8, 4) is 0 Å². The zero-order chi connectivity index (χ0) is 9.97. The van der Waals surface area contributed by atoms with Crippen LogP contribution in [0.15, 0.2) is 23.0 Å². The second kappa shape index (κ2) is 3.71. The molecule has 0 saturated carbocycles. The highest BCUT2D eigenvalue weighted by Gasteiger charge is 2.22. The van der Waals surface area contributed by atoms with Crippen molar-refractivity contribution in [3.63, 3.8) is 0 Å². The van der Waals surface area contributed by atoms with E-state index in [1.54, 1.807) is 5.51 Å². The minimum atomic E-state index is -0.231. The summed E-state index contributed by atoms with van der Waals surface area (Å²) in [6.45, 7) is 0.411. The second-order valence-corrected chi connectivity index (χ2v) is 3.61. The van der Waals surface area contributed by atoms with Crippen molar-refractivity contribution in [2.24, 2.45) is 0 Å². The van der Waals surface area contributed by atoms with Crippen molar-refractivity contribution < 1.29 is 9.59 Å². The van der Waals surface area contributed by atoms with Gasteiger partial charge in [0.15, 0.2) is 0 Å². The van der Waals surface area contributed by atoms with Gasteiger partial charge in [-0.2, -0.15) is 0 Å². The summed E-state index contributed by atoms with van der Waals surface area (Å²) in [7, 11) is 0. The molecule has 0 fully saturated rings. The summed E-state index contributed by atoms with van der Waals surface area (Å²) >= 11 is 1.51. The van der Waals surface area contributed by atoms with Crippen LogP contribution in [0.4, 0.5) is 0 Å². The summed E-state index contributed by atoms with van der Waals surface area (Å²) in [6.07, 6.45) is 3.22. The van der Waals surface area contributed by atoms with Crippen molar-refractivity contribution in [1.29, 1.82) is 0 Å². The molecule has 14 heavy (non-hydrogen) atoms. The van der Waals surface area contributed by atoms with E-state index in [-0.39, 0.29) is 11.8 Å². The van der Waals surface area contributed by atoms with Gasteiger partial charge in [-0.05, 0) is 0 Å². The third-order valence-corrected chi connectivity index (χ3v) is 2.61. The van der Waals surface area contributed by atoms with Gasteiger partial charge in [-0.25, -0.2) is 4.98 Å². The van der Waals surface area contributed by atoms with Gasteiger partial charge in [0, 0.05) is 30.5 Å². The maximum atomic E-state index is 11.1. The monoisotopic (exact) mass is 208 g/mol. The molecule has 4 nitrogen and oxygen atoms in total. The molecule has 0 atom stereocenters. The average molecular weight is 208 g/mol. The standard InChI is InChI=1S/C9H8N2O2S/c12-8-1-2-9(13)11(8)4-3-7-5-14-6-10-7/h1-2,5-6H,3-4H2. The Kier molecular flexibility index (Phi) is 2.41. The van der Waals surface area contributed by atoms with Crippen molar-refractivity contribution in [2.75, 3.05) is 6.54 Å². The fourth-order valence-corrected chi connectivity index (χ4v) is 1.83. The van der Waals surface area contributed by atoms with Gasteiger partial charge < -0.3 is 0 Å². The first-order chi connectivity index (χ1) is 6.77. The lowest BCUT2D eigenvalue weighted by molar-refractivity contribution is -0.136. The third-order valence-electron chi connectivity index (χ3n) is 1.98. The maximum Gasteiger partial charge on any atom is 0.253 e. The number of carbonyl (C=O) groups is 2. The number of aromatic nitrogens is 1. The van der Waals surface area contributed by atoms with Crippen molar-refractivity contribution in [2.45, 2.75) is 6.42 Å². The third kappa shape index (κ3) is 1.72. The summed E-state index contributed by atoms with van der Waals surface area (Å²) in [5.74, 6) is -0.463. The number of hydrogen-bond acceptors (Lipinski definition) is 4. The number of carbonyl (C=O) groups excluding carboxylic acids is 2. The van der Waals surface area contributed by atoms with Gasteiger partial charge in [-0.1, -0.05) is 0 Å². The van der Waals surface area contributed by atoms with E-state index in [2.05, 4.69) is 4.98 Å². The average Bonchev–Trinajstić information content (AvgIpc) is 2.76. The van der Waals surface area contributed by atoms with Gasteiger partial charge in [-0.15, -0.1) is 11.3 Å². The Morgan fingerprint density at radius 1 is 1.29 bits per heavy atom. The number of nitrogens with zero attached hydrogens (tertiary/aromatic N) is 2. The Balaban J connectivity index is 1.93. The molecule has 5 heteroatoms. The lowest BCUT2D eigenvalue weighted by Crippen LogP contribution is -2.31. The summed E-state index contributed by atoms with van der Waals surface area (Å²) in [4.78, 5) is 27.6. The Morgan fingerprint density at radius 2 is 2.00 bits per heavy atom. The summed E-state index contributed by atoms with van der Waals surface area (Å²) in [5, 5.41) is 1.92. The molecule has 0 radical (unpaired) electrons. The van der Waals surface area contributed by atoms with Crippen LogP contribution in [0.3, 0.4) is 0 Å². The summed E-state index contributed by atoms with van der Waals surface area (Å²) < 4.78 is 0. The first-order valence-corrected chi connectivity index (χ1v) is 5.12. The Morgan fingerprint density at radius 3 is 2.57 bits per heavy atom. The van der Waals surface area contributed by atoms with Crippen molar-refractivity contribution in [1.82, 2.24) is 9.88 Å². The highest BCUT2D eigenvalue weighted by Crippen LogP contribution is 2.07. The number of thiazole rings is 1. The van der Waals surface area contributed by atoms with Crippen molar-refractivity contribution in [3.05, 3.63) is 28.7 Å². The van der Waals surface area contributed by atoms with Crippen molar-refractivity contribution >= 4 is 23.2 Å². The van der Waals surface area contributed by atoms with E-state index in [9.17, 15) is 9.59 Å². The fraction of sp³-hybridized carbons (Fsp3) is 0.222. The van der Waals surface area contributed by atoms with Crippen LogP contribution in [0.25, 0.3) is 0 Å². The van der Waals surface area contributed by atoms with Gasteiger partial charge in [0.05, 0.1) is 11.2 Å².